The Balaban J connectivity index is 3.60. The zero-order valence-corrected chi connectivity index (χ0v) is 9.42. The monoisotopic (exact) mass is 196 g/mol. The molecule has 0 N–H and O–H groups in total. The zero-order chi connectivity index (χ0) is 10.6. The first-order valence-electron chi connectivity index (χ1n) is 5.44. The lowest BCUT2D eigenvalue weighted by Crippen LogP contribution is -2.21. The molecule has 0 aliphatic rings. The molecule has 0 unspecified atom stereocenters. The molecule has 0 saturated heterocycles. The van der Waals surface area contributed by atoms with Crippen LogP contribution in [-0.4, -0.2) is 20.3 Å². The molecule has 3 heteroatoms. The van der Waals surface area contributed by atoms with Gasteiger partial charge in [0.2, 0.25) is 0 Å². The first kappa shape index (κ1) is 13.5. The second kappa shape index (κ2) is 10.6. The summed E-state index contributed by atoms with van der Waals surface area (Å²) in [6.45, 7) is 9.28. The summed E-state index contributed by atoms with van der Waals surface area (Å²) >= 11 is 0. The fourth-order valence-electron chi connectivity index (χ4n) is 0.928. The molecule has 0 aliphatic carbocycles. The molecule has 2 nitrogen and oxygen atoms in total. The van der Waals surface area contributed by atoms with Gasteiger partial charge < -0.3 is 9.31 Å². The van der Waals surface area contributed by atoms with Crippen molar-refractivity contribution < 1.29 is 9.31 Å². The van der Waals surface area contributed by atoms with E-state index in [-0.39, 0.29) is 7.12 Å². The summed E-state index contributed by atoms with van der Waals surface area (Å²) in [5.41, 5.74) is 2.70. The van der Waals surface area contributed by atoms with Crippen molar-refractivity contribution in [3.05, 3.63) is 18.3 Å². The molecule has 0 fully saturated rings. The summed E-state index contributed by atoms with van der Waals surface area (Å²) in [5, 5.41) is 0. The van der Waals surface area contributed by atoms with Crippen LogP contribution in [0, 0.1) is 0 Å². The van der Waals surface area contributed by atoms with Crippen molar-refractivity contribution in [1.29, 1.82) is 0 Å². The molecular formula is C11H21BO2. The van der Waals surface area contributed by atoms with Crippen molar-refractivity contribution in [3.8, 4) is 0 Å². The Morgan fingerprint density at radius 1 is 1.14 bits per heavy atom. The largest absolute Gasteiger partial charge is 0.494 e. The van der Waals surface area contributed by atoms with E-state index in [4.69, 9.17) is 9.31 Å². The minimum atomic E-state index is -0.259. The van der Waals surface area contributed by atoms with Gasteiger partial charge in [-0.2, -0.15) is 0 Å². The Morgan fingerprint density at radius 3 is 2.00 bits per heavy atom. The number of unbranched alkanes of at least 4 members (excludes halogenated alkanes) is 2. The van der Waals surface area contributed by atoms with Gasteiger partial charge in [-0.15, -0.1) is 5.73 Å². The molecule has 0 aromatic rings. The summed E-state index contributed by atoms with van der Waals surface area (Å²) in [6, 6.07) is 0. The van der Waals surface area contributed by atoms with Gasteiger partial charge in [-0.25, -0.2) is 0 Å². The summed E-state index contributed by atoms with van der Waals surface area (Å²) in [6.07, 6.45) is 4.41. The van der Waals surface area contributed by atoms with Crippen LogP contribution in [0.3, 0.4) is 0 Å². The highest BCUT2D eigenvalue weighted by atomic mass is 16.6. The van der Waals surface area contributed by atoms with E-state index >= 15 is 0 Å². The van der Waals surface area contributed by atoms with Gasteiger partial charge in [0.1, 0.15) is 0 Å². The van der Waals surface area contributed by atoms with Gasteiger partial charge in [-0.3, -0.25) is 0 Å². The van der Waals surface area contributed by atoms with Crippen LogP contribution in [0.15, 0.2) is 18.3 Å². The maximum Gasteiger partial charge on any atom is 0.494 e. The summed E-state index contributed by atoms with van der Waals surface area (Å²) in [5.74, 6) is 1.73. The van der Waals surface area contributed by atoms with Crippen LogP contribution < -0.4 is 0 Å². The van der Waals surface area contributed by atoms with E-state index in [9.17, 15) is 0 Å². The highest BCUT2D eigenvalue weighted by Crippen LogP contribution is 1.97. The molecule has 0 radical (unpaired) electrons. The lowest BCUT2D eigenvalue weighted by Gasteiger charge is -2.09. The Labute approximate surface area is 88.1 Å². The predicted molar refractivity (Wildman–Crippen MR) is 61.2 cm³/mol. The van der Waals surface area contributed by atoms with Crippen molar-refractivity contribution in [2.45, 2.75) is 39.5 Å². The minimum Gasteiger partial charge on any atom is -0.407 e. The van der Waals surface area contributed by atoms with E-state index in [1.165, 1.54) is 0 Å². The topological polar surface area (TPSA) is 18.5 Å². The molecule has 0 bridgehead atoms. The molecule has 0 atom stereocenters. The van der Waals surface area contributed by atoms with E-state index in [1.54, 1.807) is 5.98 Å². The molecule has 0 amide bonds. The Morgan fingerprint density at radius 2 is 1.64 bits per heavy atom. The van der Waals surface area contributed by atoms with Crippen molar-refractivity contribution in [3.63, 3.8) is 0 Å². The third-order valence-electron chi connectivity index (χ3n) is 1.81. The van der Waals surface area contributed by atoms with E-state index in [0.29, 0.717) is 0 Å². The van der Waals surface area contributed by atoms with Crippen LogP contribution >= 0.6 is 0 Å². The van der Waals surface area contributed by atoms with Gasteiger partial charge in [0.05, 0.1) is 0 Å². The molecule has 0 heterocycles. The lowest BCUT2D eigenvalue weighted by atomic mass is 9.90. The van der Waals surface area contributed by atoms with Crippen molar-refractivity contribution in [1.82, 2.24) is 0 Å². The fourth-order valence-corrected chi connectivity index (χ4v) is 0.928. The maximum absolute atomic E-state index is 5.49. The van der Waals surface area contributed by atoms with Gasteiger partial charge in [0.25, 0.3) is 0 Å². The molecule has 0 aliphatic heterocycles. The van der Waals surface area contributed by atoms with Gasteiger partial charge in [-0.05, 0) is 18.8 Å². The van der Waals surface area contributed by atoms with Crippen LogP contribution in [0.5, 0.6) is 0 Å². The van der Waals surface area contributed by atoms with Crippen LogP contribution in [0.1, 0.15) is 39.5 Å². The van der Waals surface area contributed by atoms with Crippen LogP contribution in [0.2, 0.25) is 0 Å². The average Bonchev–Trinajstić information content (AvgIpc) is 2.18. The van der Waals surface area contributed by atoms with Crippen molar-refractivity contribution >= 4 is 7.12 Å². The molecular weight excluding hydrogens is 175 g/mol. The standard InChI is InChI=1S/C11H21BO2/c1-4-7-10-13-12(9-6-3)14-11-8-5-2/h9H,3-5,7-8,10-11H2,1-2H3. The Hall–Kier alpha value is -0.495. The SMILES string of the molecule is C=C=CB(OCCCC)OCCCC. The van der Waals surface area contributed by atoms with E-state index < -0.39 is 0 Å². The molecule has 14 heavy (non-hydrogen) atoms. The minimum absolute atomic E-state index is 0.259. The van der Waals surface area contributed by atoms with E-state index in [1.807, 2.05) is 0 Å². The lowest BCUT2D eigenvalue weighted by molar-refractivity contribution is 0.201. The van der Waals surface area contributed by atoms with Crippen molar-refractivity contribution in [2.75, 3.05) is 13.2 Å². The maximum atomic E-state index is 5.49. The van der Waals surface area contributed by atoms with Gasteiger partial charge >= 0.3 is 7.12 Å². The molecule has 0 rings (SSSR count). The Bertz CT molecular complexity index is 155. The van der Waals surface area contributed by atoms with Crippen molar-refractivity contribution in [2.24, 2.45) is 0 Å². The van der Waals surface area contributed by atoms with Crippen LogP contribution in [0.4, 0.5) is 0 Å². The molecule has 0 aromatic heterocycles. The quantitative estimate of drug-likeness (QED) is 0.320. The normalized spacial score (nSPS) is 9.57. The highest BCUT2D eigenvalue weighted by Gasteiger charge is 2.12. The van der Waals surface area contributed by atoms with E-state index in [0.717, 1.165) is 38.9 Å². The first-order valence-corrected chi connectivity index (χ1v) is 5.44. The van der Waals surface area contributed by atoms with Gasteiger partial charge in [0, 0.05) is 13.2 Å². The highest BCUT2D eigenvalue weighted by molar-refractivity contribution is 6.50. The number of hydrogen-bond donors (Lipinski definition) is 0. The Kier molecular flexibility index (Phi) is 10.2. The second-order valence-electron chi connectivity index (χ2n) is 3.19. The third kappa shape index (κ3) is 8.12. The molecule has 0 aromatic carbocycles. The second-order valence-corrected chi connectivity index (χ2v) is 3.19. The summed E-state index contributed by atoms with van der Waals surface area (Å²) in [4.78, 5) is 0. The summed E-state index contributed by atoms with van der Waals surface area (Å²) < 4.78 is 11.0. The zero-order valence-electron chi connectivity index (χ0n) is 9.42. The van der Waals surface area contributed by atoms with Crippen LogP contribution in [0.25, 0.3) is 0 Å². The number of hydrogen-bond acceptors (Lipinski definition) is 2. The van der Waals surface area contributed by atoms with Gasteiger partial charge in [0.15, 0.2) is 0 Å². The molecule has 0 spiro atoms. The van der Waals surface area contributed by atoms with Crippen LogP contribution in [-0.2, 0) is 9.31 Å². The average molecular weight is 196 g/mol. The predicted octanol–water partition coefficient (Wildman–Crippen LogP) is 2.99. The van der Waals surface area contributed by atoms with Gasteiger partial charge in [-0.1, -0.05) is 33.3 Å². The molecule has 80 valence electrons. The third-order valence-corrected chi connectivity index (χ3v) is 1.81. The molecule has 0 saturated carbocycles. The number of rotatable bonds is 9. The first-order chi connectivity index (χ1) is 6.85. The summed E-state index contributed by atoms with van der Waals surface area (Å²) in [7, 11) is -0.259. The van der Waals surface area contributed by atoms with E-state index in [2.05, 4.69) is 26.2 Å². The fraction of sp³-hybridized carbons (Fsp3) is 0.727. The smallest absolute Gasteiger partial charge is 0.407 e.